The molecule has 17 heavy (non-hydrogen) atoms. The molecule has 0 radical (unpaired) electrons. The quantitative estimate of drug-likeness (QED) is 0.859. The van der Waals surface area contributed by atoms with Gasteiger partial charge in [-0.15, -0.1) is 0 Å². The molecule has 0 saturated carbocycles. The molecule has 1 saturated heterocycles. The van der Waals surface area contributed by atoms with Gasteiger partial charge in [0.25, 0.3) is 0 Å². The molecular formula is C9H13N3O3S2. The van der Waals surface area contributed by atoms with Crippen molar-refractivity contribution in [3.05, 3.63) is 11.8 Å². The fourth-order valence-corrected chi connectivity index (χ4v) is 3.09. The number of carbonyl (C=O) groups excluding carboxylic acids is 1. The highest BCUT2D eigenvalue weighted by molar-refractivity contribution is 7.88. The van der Waals surface area contributed by atoms with Gasteiger partial charge in [0.15, 0.2) is 0 Å². The maximum absolute atomic E-state index is 11.7. The smallest absolute Gasteiger partial charge is 0.230 e. The van der Waals surface area contributed by atoms with E-state index in [-0.39, 0.29) is 24.9 Å². The summed E-state index contributed by atoms with van der Waals surface area (Å²) in [5.74, 6) is -0.402. The Bertz CT molecular complexity index is 531. The Morgan fingerprint density at radius 3 is 2.71 bits per heavy atom. The Morgan fingerprint density at radius 1 is 1.59 bits per heavy atom. The first-order valence-corrected chi connectivity index (χ1v) is 7.68. The third-order valence-corrected chi connectivity index (χ3v) is 4.59. The minimum atomic E-state index is -3.16. The second kappa shape index (κ2) is 4.35. The van der Waals surface area contributed by atoms with Gasteiger partial charge in [0.05, 0.1) is 17.9 Å². The predicted octanol–water partition coefficient (Wildman–Crippen LogP) is 0.281. The average molecular weight is 275 g/mol. The van der Waals surface area contributed by atoms with Gasteiger partial charge in [-0.1, -0.05) is 0 Å². The van der Waals surface area contributed by atoms with E-state index in [2.05, 4.69) is 9.69 Å². The molecule has 1 amide bonds. The molecule has 0 atom stereocenters. The van der Waals surface area contributed by atoms with Gasteiger partial charge < -0.3 is 5.32 Å². The fourth-order valence-electron chi connectivity index (χ4n) is 1.52. The van der Waals surface area contributed by atoms with Crippen molar-refractivity contribution in [2.24, 2.45) is 5.92 Å². The molecule has 0 aliphatic carbocycles. The predicted molar refractivity (Wildman–Crippen MR) is 65.4 cm³/mol. The molecule has 0 bridgehead atoms. The fraction of sp³-hybridized carbons (Fsp3) is 0.556. The van der Waals surface area contributed by atoms with Crippen molar-refractivity contribution in [2.45, 2.75) is 6.92 Å². The molecule has 6 nitrogen and oxygen atoms in total. The molecule has 0 spiro atoms. The maximum atomic E-state index is 11.7. The number of nitrogens with zero attached hydrogens (tertiary/aromatic N) is 2. The van der Waals surface area contributed by atoms with Crippen LogP contribution in [0.4, 0.5) is 5.00 Å². The summed E-state index contributed by atoms with van der Waals surface area (Å²) in [7, 11) is -3.16. The van der Waals surface area contributed by atoms with E-state index in [9.17, 15) is 13.2 Å². The van der Waals surface area contributed by atoms with Crippen LogP contribution in [0.15, 0.2) is 6.07 Å². The third-order valence-electron chi connectivity index (χ3n) is 2.56. The highest BCUT2D eigenvalue weighted by Crippen LogP contribution is 2.22. The van der Waals surface area contributed by atoms with E-state index in [1.807, 2.05) is 6.92 Å². The first kappa shape index (κ1) is 12.5. The number of rotatable bonds is 3. The van der Waals surface area contributed by atoms with E-state index in [4.69, 9.17) is 0 Å². The summed E-state index contributed by atoms with van der Waals surface area (Å²) in [5, 5.41) is 3.43. The Labute approximate surface area is 104 Å². The molecule has 1 aromatic heterocycles. The molecule has 2 heterocycles. The van der Waals surface area contributed by atoms with Crippen molar-refractivity contribution < 1.29 is 13.2 Å². The van der Waals surface area contributed by atoms with Crippen molar-refractivity contribution >= 4 is 32.5 Å². The number of sulfonamides is 1. The molecule has 8 heteroatoms. The van der Waals surface area contributed by atoms with Gasteiger partial charge in [0, 0.05) is 13.1 Å². The van der Waals surface area contributed by atoms with Crippen LogP contribution >= 0.6 is 11.5 Å². The molecule has 1 aliphatic rings. The Morgan fingerprint density at radius 2 is 2.24 bits per heavy atom. The Hall–Kier alpha value is -0.990. The number of amides is 1. The molecular weight excluding hydrogens is 262 g/mol. The molecule has 1 aliphatic heterocycles. The first-order chi connectivity index (χ1) is 7.86. The van der Waals surface area contributed by atoms with Crippen molar-refractivity contribution in [1.29, 1.82) is 0 Å². The monoisotopic (exact) mass is 275 g/mol. The Kier molecular flexibility index (Phi) is 3.19. The van der Waals surface area contributed by atoms with Crippen LogP contribution in [0.2, 0.25) is 0 Å². The van der Waals surface area contributed by atoms with Crippen LogP contribution in [-0.4, -0.2) is 42.3 Å². The van der Waals surface area contributed by atoms with Crippen LogP contribution < -0.4 is 5.32 Å². The third kappa shape index (κ3) is 2.82. The van der Waals surface area contributed by atoms with Crippen molar-refractivity contribution in [1.82, 2.24) is 8.68 Å². The van der Waals surface area contributed by atoms with Crippen LogP contribution in [0.5, 0.6) is 0 Å². The van der Waals surface area contributed by atoms with E-state index < -0.39 is 10.0 Å². The normalized spacial score (nSPS) is 17.8. The number of carbonyl (C=O) groups is 1. The second-order valence-corrected chi connectivity index (χ2v) is 6.89. The molecule has 2 rings (SSSR count). The summed E-state index contributed by atoms with van der Waals surface area (Å²) in [5.41, 5.74) is 0.858. The minimum absolute atomic E-state index is 0.145. The van der Waals surface area contributed by atoms with Crippen molar-refractivity contribution in [2.75, 3.05) is 24.7 Å². The van der Waals surface area contributed by atoms with Gasteiger partial charge in [-0.2, -0.15) is 4.37 Å². The topological polar surface area (TPSA) is 79.4 Å². The average Bonchev–Trinajstić information content (AvgIpc) is 2.45. The Balaban J connectivity index is 1.88. The van der Waals surface area contributed by atoms with E-state index in [1.54, 1.807) is 6.07 Å². The van der Waals surface area contributed by atoms with Gasteiger partial charge in [-0.05, 0) is 24.5 Å². The van der Waals surface area contributed by atoms with Gasteiger partial charge >= 0.3 is 0 Å². The van der Waals surface area contributed by atoms with Gasteiger partial charge in [0.2, 0.25) is 15.9 Å². The number of anilines is 1. The van der Waals surface area contributed by atoms with Crippen LogP contribution in [0.1, 0.15) is 5.69 Å². The van der Waals surface area contributed by atoms with E-state index in [0.29, 0.717) is 5.00 Å². The highest BCUT2D eigenvalue weighted by Gasteiger charge is 2.37. The summed E-state index contributed by atoms with van der Waals surface area (Å²) >= 11 is 1.22. The van der Waals surface area contributed by atoms with E-state index in [0.717, 1.165) is 11.9 Å². The largest absolute Gasteiger partial charge is 0.316 e. The SMILES string of the molecule is Cc1cc(NC(=O)C2CN(S(C)(=O)=O)C2)sn1. The zero-order valence-corrected chi connectivity index (χ0v) is 11.1. The van der Waals surface area contributed by atoms with E-state index in [1.165, 1.54) is 15.8 Å². The van der Waals surface area contributed by atoms with E-state index >= 15 is 0 Å². The number of hydrogen-bond donors (Lipinski definition) is 1. The van der Waals surface area contributed by atoms with Crippen molar-refractivity contribution in [3.63, 3.8) is 0 Å². The maximum Gasteiger partial charge on any atom is 0.230 e. The summed E-state index contributed by atoms with van der Waals surface area (Å²) in [6.45, 7) is 2.38. The summed E-state index contributed by atoms with van der Waals surface area (Å²) in [4.78, 5) is 11.7. The minimum Gasteiger partial charge on any atom is -0.316 e. The zero-order chi connectivity index (χ0) is 12.6. The van der Waals surface area contributed by atoms with Crippen LogP contribution in [0.3, 0.4) is 0 Å². The molecule has 94 valence electrons. The zero-order valence-electron chi connectivity index (χ0n) is 9.50. The van der Waals surface area contributed by atoms with Crippen LogP contribution in [0, 0.1) is 12.8 Å². The lowest BCUT2D eigenvalue weighted by molar-refractivity contribution is -0.122. The molecule has 0 unspecified atom stereocenters. The lowest BCUT2D eigenvalue weighted by Crippen LogP contribution is -2.53. The second-order valence-electron chi connectivity index (χ2n) is 4.10. The van der Waals surface area contributed by atoms with Crippen molar-refractivity contribution in [3.8, 4) is 0 Å². The number of aromatic nitrogens is 1. The number of aryl methyl sites for hydroxylation is 1. The summed E-state index contributed by atoms with van der Waals surface area (Å²) in [6, 6.07) is 1.79. The van der Waals surface area contributed by atoms with Gasteiger partial charge in [-0.25, -0.2) is 12.7 Å². The van der Waals surface area contributed by atoms with Crippen LogP contribution in [-0.2, 0) is 14.8 Å². The lowest BCUT2D eigenvalue weighted by Gasteiger charge is -2.35. The number of hydrogen-bond acceptors (Lipinski definition) is 5. The molecule has 0 aromatic carbocycles. The van der Waals surface area contributed by atoms with Gasteiger partial charge in [-0.3, -0.25) is 4.79 Å². The standard InChI is InChI=1S/C9H13N3O3S2/c1-6-3-8(16-11-6)10-9(13)7-4-12(5-7)17(2,14)15/h3,7H,4-5H2,1-2H3,(H,10,13). The summed E-state index contributed by atoms with van der Waals surface area (Å²) < 4.78 is 27.6. The number of nitrogens with one attached hydrogen (secondary N) is 1. The lowest BCUT2D eigenvalue weighted by atomic mass is 10.0. The first-order valence-electron chi connectivity index (χ1n) is 5.05. The summed E-state index contributed by atoms with van der Waals surface area (Å²) in [6.07, 6.45) is 1.15. The highest BCUT2D eigenvalue weighted by atomic mass is 32.2. The molecule has 1 aromatic rings. The van der Waals surface area contributed by atoms with Crippen LogP contribution in [0.25, 0.3) is 0 Å². The van der Waals surface area contributed by atoms with Gasteiger partial charge in [0.1, 0.15) is 5.00 Å². The molecule has 1 fully saturated rings. The molecule has 1 N–H and O–H groups in total.